The molecular formula is C37H64N2O10. The van der Waals surface area contributed by atoms with E-state index in [0.717, 1.165) is 58.1 Å². The molecule has 5 fully saturated rings. The van der Waals surface area contributed by atoms with Crippen LogP contribution in [0.2, 0.25) is 0 Å². The average Bonchev–Trinajstić information content (AvgIpc) is 3.87. The predicted molar refractivity (Wildman–Crippen MR) is 181 cm³/mol. The van der Waals surface area contributed by atoms with E-state index in [0.29, 0.717) is 43.7 Å². The molecule has 0 bridgehead atoms. The number of amides is 1. The van der Waals surface area contributed by atoms with Crippen LogP contribution in [0.1, 0.15) is 104 Å². The number of nitrogens with zero attached hydrogens (tertiary/aromatic N) is 1. The summed E-state index contributed by atoms with van der Waals surface area (Å²) in [4.78, 5) is 28.3. The Kier molecular flexibility index (Phi) is 14.0. The molecular weight excluding hydrogens is 632 g/mol. The maximum absolute atomic E-state index is 13.8. The zero-order valence-corrected chi connectivity index (χ0v) is 30.0. The number of aliphatic hydroxyl groups excluding tert-OH is 4. The molecule has 3 aliphatic carbocycles. The van der Waals surface area contributed by atoms with Gasteiger partial charge in [0.2, 0.25) is 5.91 Å². The zero-order chi connectivity index (χ0) is 35.3. The van der Waals surface area contributed by atoms with Crippen molar-refractivity contribution in [1.29, 1.82) is 0 Å². The summed E-state index contributed by atoms with van der Waals surface area (Å²) in [6, 6.07) is 0.601. The Morgan fingerprint density at radius 1 is 1.12 bits per heavy atom. The zero-order valence-electron chi connectivity index (χ0n) is 30.0. The molecule has 1 amide bonds. The van der Waals surface area contributed by atoms with Gasteiger partial charge >= 0.3 is 0 Å². The lowest BCUT2D eigenvalue weighted by atomic mass is 9.65. The topological polar surface area (TPSA) is 178 Å². The number of Topliss-reactive ketones (excluding diaryl/α,β-unsaturated/α-hetero) is 1. The normalized spacial score (nSPS) is 40.0. The minimum absolute atomic E-state index is 0.0332. The molecule has 3 saturated carbocycles. The van der Waals surface area contributed by atoms with Gasteiger partial charge in [-0.2, -0.15) is 0 Å². The summed E-state index contributed by atoms with van der Waals surface area (Å²) < 4.78 is 18.4. The van der Waals surface area contributed by atoms with E-state index in [4.69, 9.17) is 14.2 Å². The van der Waals surface area contributed by atoms with E-state index >= 15 is 0 Å². The molecule has 12 nitrogen and oxygen atoms in total. The first-order chi connectivity index (χ1) is 23.4. The van der Waals surface area contributed by atoms with Crippen molar-refractivity contribution in [3.63, 3.8) is 0 Å². The Labute approximate surface area is 292 Å². The summed E-state index contributed by atoms with van der Waals surface area (Å²) in [6.07, 6.45) is 5.03. The molecule has 5 rings (SSSR count). The summed E-state index contributed by atoms with van der Waals surface area (Å²) in [5, 5.41) is 56.8. The number of hydrogen-bond acceptors (Lipinski definition) is 11. The number of hydrogen-bond donors (Lipinski definition) is 6. The van der Waals surface area contributed by atoms with Crippen molar-refractivity contribution in [3.8, 4) is 0 Å². The SMILES string of the molecule is CCNC(=O)CCCC1CCC1CC1C(=O)CC(OC2OCC(CO)C(O)C(O)C2(C)O)C1C(C)CC(O)CCC1OCCCN1C1CC1. The van der Waals surface area contributed by atoms with Crippen molar-refractivity contribution in [3.05, 3.63) is 0 Å². The third kappa shape index (κ3) is 9.61. The number of carbonyl (C=O) groups excluding carboxylic acids is 2. The van der Waals surface area contributed by atoms with Crippen molar-refractivity contribution in [2.45, 2.75) is 153 Å². The molecule has 0 aromatic rings. The summed E-state index contributed by atoms with van der Waals surface area (Å²) in [6.45, 7) is 7.19. The number of rotatable bonds is 17. The van der Waals surface area contributed by atoms with Crippen molar-refractivity contribution in [2.24, 2.45) is 35.5 Å². The van der Waals surface area contributed by atoms with Gasteiger partial charge in [0.15, 0.2) is 6.29 Å². The first-order valence-corrected chi connectivity index (χ1v) is 19.3. The van der Waals surface area contributed by atoms with E-state index in [2.05, 4.69) is 17.1 Å². The van der Waals surface area contributed by atoms with Crippen LogP contribution < -0.4 is 5.32 Å². The first-order valence-electron chi connectivity index (χ1n) is 19.3. The Morgan fingerprint density at radius 3 is 2.55 bits per heavy atom. The Morgan fingerprint density at radius 2 is 1.88 bits per heavy atom. The van der Waals surface area contributed by atoms with E-state index in [1.54, 1.807) is 0 Å². The van der Waals surface area contributed by atoms with Crippen LogP contribution in [0.5, 0.6) is 0 Å². The van der Waals surface area contributed by atoms with Gasteiger partial charge in [-0.25, -0.2) is 0 Å². The smallest absolute Gasteiger partial charge is 0.219 e. The highest BCUT2D eigenvalue weighted by Crippen LogP contribution is 2.49. The highest BCUT2D eigenvalue weighted by molar-refractivity contribution is 5.84. The van der Waals surface area contributed by atoms with Crippen LogP contribution in [-0.4, -0.2) is 124 Å². The number of carbonyl (C=O) groups is 2. The lowest BCUT2D eigenvalue weighted by Gasteiger charge is -2.41. The molecule has 0 spiro atoms. The minimum Gasteiger partial charge on any atom is -0.396 e. The van der Waals surface area contributed by atoms with Crippen molar-refractivity contribution < 1.29 is 49.3 Å². The van der Waals surface area contributed by atoms with Gasteiger partial charge in [-0.3, -0.25) is 14.5 Å². The Bertz CT molecular complexity index is 1070. The predicted octanol–water partition coefficient (Wildman–Crippen LogP) is 2.12. The molecule has 5 aliphatic rings. The highest BCUT2D eigenvalue weighted by Gasteiger charge is 2.54. The Balaban J connectivity index is 1.26. The highest BCUT2D eigenvalue weighted by atomic mass is 16.7. The van der Waals surface area contributed by atoms with Crippen molar-refractivity contribution >= 4 is 11.7 Å². The standard InChI is InChI=1S/C37H64N2O10/c1-4-38-31(43)8-5-7-23-9-10-24(23)18-28-29(42)19-30(49-36-37(3,46)35(45)34(44)25(20-40)21-48-36)33(28)22(2)17-27(41)13-14-32-39(26-11-12-26)15-6-16-47-32/h22-28,30,32-36,40-41,44-46H,4-21H2,1-3H3,(H,38,43). The maximum atomic E-state index is 13.8. The van der Waals surface area contributed by atoms with E-state index < -0.39 is 48.8 Å². The van der Waals surface area contributed by atoms with Crippen LogP contribution in [0, 0.1) is 35.5 Å². The molecule has 2 saturated heterocycles. The second-order valence-electron chi connectivity index (χ2n) is 16.1. The molecule has 282 valence electrons. The van der Waals surface area contributed by atoms with Gasteiger partial charge in [0.05, 0.1) is 31.5 Å². The van der Waals surface area contributed by atoms with E-state index in [-0.39, 0.29) is 48.7 Å². The number of ketones is 1. The number of aliphatic hydroxyl groups is 5. The van der Waals surface area contributed by atoms with Crippen LogP contribution in [0.25, 0.3) is 0 Å². The van der Waals surface area contributed by atoms with E-state index in [9.17, 15) is 35.1 Å². The van der Waals surface area contributed by atoms with Crippen LogP contribution in [0.15, 0.2) is 0 Å². The van der Waals surface area contributed by atoms with Gasteiger partial charge in [-0.05, 0) is 108 Å². The minimum atomic E-state index is -1.99. The van der Waals surface area contributed by atoms with Gasteiger partial charge in [0.25, 0.3) is 0 Å². The fraction of sp³-hybridized carbons (Fsp3) is 0.946. The van der Waals surface area contributed by atoms with Gasteiger partial charge in [0, 0.05) is 50.4 Å². The molecule has 12 heteroatoms. The average molecular weight is 697 g/mol. The molecule has 13 atom stereocenters. The summed E-state index contributed by atoms with van der Waals surface area (Å²) >= 11 is 0. The third-order valence-electron chi connectivity index (χ3n) is 12.4. The van der Waals surface area contributed by atoms with Crippen LogP contribution in [0.4, 0.5) is 0 Å². The number of ether oxygens (including phenoxy) is 3. The van der Waals surface area contributed by atoms with Crippen molar-refractivity contribution in [1.82, 2.24) is 10.2 Å². The van der Waals surface area contributed by atoms with E-state index in [1.165, 1.54) is 19.8 Å². The lowest BCUT2D eigenvalue weighted by molar-refractivity contribution is -0.275. The fourth-order valence-corrected chi connectivity index (χ4v) is 9.15. The van der Waals surface area contributed by atoms with Gasteiger partial charge in [-0.15, -0.1) is 0 Å². The molecule has 49 heavy (non-hydrogen) atoms. The van der Waals surface area contributed by atoms with Crippen LogP contribution in [-0.2, 0) is 23.8 Å². The molecule has 6 N–H and O–H groups in total. The number of nitrogens with one attached hydrogen (secondary N) is 1. The van der Waals surface area contributed by atoms with Crippen LogP contribution in [0.3, 0.4) is 0 Å². The van der Waals surface area contributed by atoms with E-state index in [1.807, 2.05) is 6.92 Å². The summed E-state index contributed by atoms with van der Waals surface area (Å²) in [7, 11) is 0. The second kappa shape index (κ2) is 17.5. The largest absolute Gasteiger partial charge is 0.396 e. The van der Waals surface area contributed by atoms with Gasteiger partial charge in [-0.1, -0.05) is 6.92 Å². The van der Waals surface area contributed by atoms with Gasteiger partial charge < -0.3 is 45.1 Å². The molecule has 2 heterocycles. The third-order valence-corrected chi connectivity index (χ3v) is 12.4. The molecule has 0 aromatic heterocycles. The van der Waals surface area contributed by atoms with Crippen molar-refractivity contribution in [2.75, 3.05) is 32.9 Å². The molecule has 13 unspecified atom stereocenters. The second-order valence-corrected chi connectivity index (χ2v) is 16.1. The Hall–Kier alpha value is -1.22. The molecule has 0 aromatic carbocycles. The summed E-state index contributed by atoms with van der Waals surface area (Å²) in [5.41, 5.74) is -1.99. The maximum Gasteiger partial charge on any atom is 0.219 e. The summed E-state index contributed by atoms with van der Waals surface area (Å²) in [5.74, 6) is -0.405. The quantitative estimate of drug-likeness (QED) is 0.131. The monoisotopic (exact) mass is 696 g/mol. The molecule has 2 aliphatic heterocycles. The fourth-order valence-electron chi connectivity index (χ4n) is 9.15. The first kappa shape index (κ1) is 39.0. The van der Waals surface area contributed by atoms with Crippen LogP contribution >= 0.6 is 0 Å². The lowest BCUT2D eigenvalue weighted by Crippen LogP contribution is -2.56. The van der Waals surface area contributed by atoms with Gasteiger partial charge in [0.1, 0.15) is 23.7 Å². The molecule has 0 radical (unpaired) electrons.